The van der Waals surface area contributed by atoms with Gasteiger partial charge in [-0.2, -0.15) is 0 Å². The standard InChI is InChI=1S/C26H22N4O5S/c1-13-8-10-16(11-9-13)20-18(21(31)19-14(2)27-17-7-5-6-12-29(17)19)22(32)24(33)30(20)26-28-15(3)23(36-26)25(34)35-4/h5-12,20,31H,1-4H3. The summed E-state index contributed by atoms with van der Waals surface area (Å²) in [6.07, 6.45) is 1.73. The molecule has 0 spiro atoms. The monoisotopic (exact) mass is 502 g/mol. The number of aryl methyl sites for hydroxylation is 3. The molecule has 10 heteroatoms. The second kappa shape index (κ2) is 8.72. The van der Waals surface area contributed by atoms with E-state index in [0.717, 1.165) is 16.9 Å². The molecule has 1 unspecified atom stereocenters. The average Bonchev–Trinajstić information content (AvgIpc) is 3.49. The number of amides is 1. The molecule has 1 aromatic carbocycles. The number of methoxy groups -OCH3 is 1. The highest BCUT2D eigenvalue weighted by molar-refractivity contribution is 7.17. The number of esters is 1. The molecule has 0 radical (unpaired) electrons. The van der Waals surface area contributed by atoms with Crippen molar-refractivity contribution in [1.29, 1.82) is 0 Å². The molecular formula is C26H22N4O5S. The third-order valence-electron chi connectivity index (χ3n) is 6.13. The maximum atomic E-state index is 13.5. The van der Waals surface area contributed by atoms with E-state index in [4.69, 9.17) is 4.74 Å². The molecule has 1 aliphatic rings. The third kappa shape index (κ3) is 3.57. The van der Waals surface area contributed by atoms with Gasteiger partial charge in [-0.3, -0.25) is 18.9 Å². The Labute approximate surface area is 210 Å². The Kier molecular flexibility index (Phi) is 5.68. The number of carbonyl (C=O) groups is 3. The lowest BCUT2D eigenvalue weighted by molar-refractivity contribution is -0.132. The fraction of sp³-hybridized carbons (Fsp3) is 0.192. The summed E-state index contributed by atoms with van der Waals surface area (Å²) in [5.41, 5.74) is 3.33. The Bertz CT molecular complexity index is 1580. The Morgan fingerprint density at radius 2 is 1.75 bits per heavy atom. The number of imidazole rings is 1. The summed E-state index contributed by atoms with van der Waals surface area (Å²) in [5, 5.41) is 11.7. The molecule has 4 aromatic rings. The van der Waals surface area contributed by atoms with Gasteiger partial charge in [0.05, 0.1) is 30.1 Å². The topological polar surface area (TPSA) is 114 Å². The van der Waals surface area contributed by atoms with Crippen molar-refractivity contribution < 1.29 is 24.2 Å². The molecule has 1 N–H and O–H groups in total. The van der Waals surface area contributed by atoms with E-state index >= 15 is 0 Å². The van der Waals surface area contributed by atoms with E-state index in [1.165, 1.54) is 12.0 Å². The molecule has 1 amide bonds. The van der Waals surface area contributed by atoms with Crippen LogP contribution in [0.2, 0.25) is 0 Å². The normalized spacial score (nSPS) is 17.2. The van der Waals surface area contributed by atoms with Gasteiger partial charge in [0.25, 0.3) is 5.78 Å². The molecule has 0 bridgehead atoms. The van der Waals surface area contributed by atoms with Gasteiger partial charge in [-0.1, -0.05) is 47.2 Å². The lowest BCUT2D eigenvalue weighted by Crippen LogP contribution is -2.29. The zero-order valence-corrected chi connectivity index (χ0v) is 20.8. The van der Waals surface area contributed by atoms with Crippen molar-refractivity contribution in [3.05, 3.63) is 87.3 Å². The summed E-state index contributed by atoms with van der Waals surface area (Å²) in [6.45, 7) is 5.28. The number of hydrogen-bond acceptors (Lipinski definition) is 8. The van der Waals surface area contributed by atoms with Crippen molar-refractivity contribution in [3.63, 3.8) is 0 Å². The van der Waals surface area contributed by atoms with Crippen molar-refractivity contribution >= 4 is 45.5 Å². The van der Waals surface area contributed by atoms with Crippen LogP contribution in [0.5, 0.6) is 0 Å². The van der Waals surface area contributed by atoms with Gasteiger partial charge in [0, 0.05) is 6.20 Å². The van der Waals surface area contributed by atoms with Crippen LogP contribution in [0.1, 0.15) is 43.9 Å². The summed E-state index contributed by atoms with van der Waals surface area (Å²) in [7, 11) is 1.26. The molecule has 1 fully saturated rings. The molecular weight excluding hydrogens is 480 g/mol. The van der Waals surface area contributed by atoms with Crippen LogP contribution in [0.3, 0.4) is 0 Å². The molecule has 1 saturated heterocycles. The van der Waals surface area contributed by atoms with Gasteiger partial charge < -0.3 is 9.84 Å². The first kappa shape index (κ1) is 23.4. The SMILES string of the molecule is COC(=O)c1sc(N2C(=O)C(=O)C(=C(O)c3c(C)nc4ccccn34)C2c2ccc(C)cc2)nc1C. The summed E-state index contributed by atoms with van der Waals surface area (Å²) >= 11 is 0.959. The number of pyridine rings is 1. The maximum Gasteiger partial charge on any atom is 0.350 e. The van der Waals surface area contributed by atoms with E-state index in [1.807, 2.05) is 25.1 Å². The Hall–Kier alpha value is -4.31. The second-order valence-corrected chi connectivity index (χ2v) is 9.43. The Morgan fingerprint density at radius 1 is 1.03 bits per heavy atom. The van der Waals surface area contributed by atoms with Crippen LogP contribution in [-0.2, 0) is 14.3 Å². The van der Waals surface area contributed by atoms with Crippen LogP contribution < -0.4 is 4.90 Å². The number of carbonyl (C=O) groups excluding carboxylic acids is 3. The minimum absolute atomic E-state index is 0.0786. The summed E-state index contributed by atoms with van der Waals surface area (Å²) < 4.78 is 6.50. The van der Waals surface area contributed by atoms with Crippen LogP contribution in [0, 0.1) is 20.8 Å². The van der Waals surface area contributed by atoms with E-state index in [1.54, 1.807) is 48.7 Å². The van der Waals surface area contributed by atoms with Gasteiger partial charge in [0.1, 0.15) is 16.2 Å². The number of aliphatic hydroxyl groups excluding tert-OH is 1. The first-order valence-corrected chi connectivity index (χ1v) is 11.9. The highest BCUT2D eigenvalue weighted by Gasteiger charge is 2.49. The molecule has 1 atom stereocenters. The number of thiazole rings is 1. The minimum atomic E-state index is -0.963. The van der Waals surface area contributed by atoms with Crippen molar-refractivity contribution in [2.45, 2.75) is 26.8 Å². The van der Waals surface area contributed by atoms with Gasteiger partial charge in [0.15, 0.2) is 10.9 Å². The highest BCUT2D eigenvalue weighted by atomic mass is 32.1. The quantitative estimate of drug-likeness (QED) is 0.193. The first-order chi connectivity index (χ1) is 17.2. The number of Topliss-reactive ketones (excluding diaryl/α,β-unsaturated/α-hetero) is 1. The van der Waals surface area contributed by atoms with Gasteiger partial charge in [-0.15, -0.1) is 0 Å². The zero-order valence-electron chi connectivity index (χ0n) is 20.0. The van der Waals surface area contributed by atoms with Crippen molar-refractivity contribution in [2.24, 2.45) is 0 Å². The van der Waals surface area contributed by atoms with Crippen LogP contribution in [0.15, 0.2) is 54.2 Å². The van der Waals surface area contributed by atoms with Crippen LogP contribution in [0.4, 0.5) is 5.13 Å². The second-order valence-electron chi connectivity index (χ2n) is 8.46. The number of benzene rings is 1. The third-order valence-corrected chi connectivity index (χ3v) is 7.26. The van der Waals surface area contributed by atoms with Gasteiger partial charge in [0.2, 0.25) is 0 Å². The number of aliphatic hydroxyl groups is 1. The lowest BCUT2D eigenvalue weighted by atomic mass is 9.96. The molecule has 36 heavy (non-hydrogen) atoms. The molecule has 5 rings (SSSR count). The summed E-state index contributed by atoms with van der Waals surface area (Å²) in [4.78, 5) is 49.4. The molecule has 9 nitrogen and oxygen atoms in total. The highest BCUT2D eigenvalue weighted by Crippen LogP contribution is 2.44. The van der Waals surface area contributed by atoms with E-state index in [-0.39, 0.29) is 21.3 Å². The Morgan fingerprint density at radius 3 is 2.44 bits per heavy atom. The minimum Gasteiger partial charge on any atom is -0.505 e. The Balaban J connectivity index is 1.76. The van der Waals surface area contributed by atoms with E-state index in [9.17, 15) is 19.5 Å². The predicted octanol–water partition coefficient (Wildman–Crippen LogP) is 4.13. The number of ketones is 1. The maximum absolute atomic E-state index is 13.5. The molecule has 0 saturated carbocycles. The van der Waals surface area contributed by atoms with Gasteiger partial charge in [-0.05, 0) is 38.5 Å². The first-order valence-electron chi connectivity index (χ1n) is 11.1. The fourth-order valence-corrected chi connectivity index (χ4v) is 5.40. The van der Waals surface area contributed by atoms with E-state index in [2.05, 4.69) is 9.97 Å². The van der Waals surface area contributed by atoms with Crippen LogP contribution in [0.25, 0.3) is 11.4 Å². The number of aromatic nitrogens is 3. The lowest BCUT2D eigenvalue weighted by Gasteiger charge is -2.23. The van der Waals surface area contributed by atoms with Crippen LogP contribution in [-0.4, -0.2) is 44.2 Å². The van der Waals surface area contributed by atoms with E-state index < -0.39 is 23.7 Å². The smallest absolute Gasteiger partial charge is 0.350 e. The molecule has 4 heterocycles. The number of anilines is 1. The van der Waals surface area contributed by atoms with Crippen molar-refractivity contribution in [3.8, 4) is 0 Å². The molecule has 0 aliphatic carbocycles. The number of nitrogens with zero attached hydrogens (tertiary/aromatic N) is 4. The predicted molar refractivity (Wildman–Crippen MR) is 134 cm³/mol. The average molecular weight is 503 g/mol. The van der Waals surface area contributed by atoms with Gasteiger partial charge in [-0.25, -0.2) is 14.8 Å². The number of rotatable bonds is 4. The summed E-state index contributed by atoms with van der Waals surface area (Å²) in [6, 6.07) is 11.8. The number of fused-ring (bicyclic) bond motifs is 1. The number of ether oxygens (including phenoxy) is 1. The fourth-order valence-electron chi connectivity index (χ4n) is 4.39. The largest absolute Gasteiger partial charge is 0.505 e. The van der Waals surface area contributed by atoms with Gasteiger partial charge >= 0.3 is 11.9 Å². The summed E-state index contributed by atoms with van der Waals surface area (Å²) in [5.74, 6) is -2.62. The van der Waals surface area contributed by atoms with Crippen LogP contribution >= 0.6 is 11.3 Å². The number of hydrogen-bond donors (Lipinski definition) is 1. The van der Waals surface area contributed by atoms with Crippen molar-refractivity contribution in [2.75, 3.05) is 12.0 Å². The molecule has 1 aliphatic heterocycles. The molecule has 3 aromatic heterocycles. The van der Waals surface area contributed by atoms with Crippen molar-refractivity contribution in [1.82, 2.24) is 14.4 Å². The molecule has 182 valence electrons. The van der Waals surface area contributed by atoms with E-state index in [0.29, 0.717) is 28.3 Å². The zero-order chi connectivity index (χ0) is 25.7.